The van der Waals surface area contributed by atoms with Crippen LogP contribution in [0.5, 0.6) is 0 Å². The van der Waals surface area contributed by atoms with E-state index in [9.17, 15) is 0 Å². The fourth-order valence-corrected chi connectivity index (χ4v) is 3.81. The monoisotopic (exact) mass is 324 g/mol. The molecular formula is C18H20N4S. The van der Waals surface area contributed by atoms with Gasteiger partial charge in [-0.1, -0.05) is 24.3 Å². The third-order valence-corrected chi connectivity index (χ3v) is 5.23. The second kappa shape index (κ2) is 6.26. The molecule has 118 valence electrons. The zero-order valence-corrected chi connectivity index (χ0v) is 14.1. The van der Waals surface area contributed by atoms with Crippen molar-refractivity contribution < 1.29 is 0 Å². The van der Waals surface area contributed by atoms with Gasteiger partial charge in [-0.3, -0.25) is 9.88 Å². The van der Waals surface area contributed by atoms with E-state index in [0.29, 0.717) is 0 Å². The van der Waals surface area contributed by atoms with Crippen LogP contribution in [0, 0.1) is 6.92 Å². The minimum atomic E-state index is 0.964. The first-order valence-electron chi connectivity index (χ1n) is 8.01. The third kappa shape index (κ3) is 3.07. The maximum atomic E-state index is 4.58. The van der Waals surface area contributed by atoms with Crippen molar-refractivity contribution in [3.8, 4) is 0 Å². The van der Waals surface area contributed by atoms with Gasteiger partial charge in [-0.25, -0.2) is 4.98 Å². The highest BCUT2D eigenvalue weighted by atomic mass is 32.1. The van der Waals surface area contributed by atoms with Gasteiger partial charge in [0.1, 0.15) is 0 Å². The fourth-order valence-electron chi connectivity index (χ4n) is 3.21. The minimum absolute atomic E-state index is 0.964. The zero-order chi connectivity index (χ0) is 15.6. The molecule has 0 aliphatic carbocycles. The lowest BCUT2D eigenvalue weighted by Gasteiger charge is -2.36. The van der Waals surface area contributed by atoms with E-state index in [1.807, 2.05) is 12.4 Å². The number of thiazole rings is 1. The topological polar surface area (TPSA) is 32.3 Å². The highest BCUT2D eigenvalue weighted by Crippen LogP contribution is 2.26. The molecule has 1 aliphatic heterocycles. The molecule has 4 nitrogen and oxygen atoms in total. The number of fused-ring (bicyclic) bond motifs is 1. The van der Waals surface area contributed by atoms with Gasteiger partial charge in [0.2, 0.25) is 0 Å². The van der Waals surface area contributed by atoms with Crippen LogP contribution in [0.15, 0.2) is 42.0 Å². The van der Waals surface area contributed by atoms with Crippen LogP contribution in [-0.2, 0) is 6.54 Å². The number of nitrogens with zero attached hydrogens (tertiary/aromatic N) is 4. The number of hydrogen-bond donors (Lipinski definition) is 0. The van der Waals surface area contributed by atoms with E-state index in [0.717, 1.165) is 37.7 Å². The number of pyridine rings is 1. The molecule has 4 rings (SSSR count). The van der Waals surface area contributed by atoms with Crippen molar-refractivity contribution in [2.75, 3.05) is 31.1 Å². The summed E-state index contributed by atoms with van der Waals surface area (Å²) in [4.78, 5) is 13.9. The molecule has 5 heteroatoms. The lowest BCUT2D eigenvalue weighted by Crippen LogP contribution is -2.46. The standard InChI is InChI=1S/C18H20N4S/c1-14-20-16(13-23-14)12-21-6-8-22(9-7-21)18-11-19-10-15-4-2-3-5-17(15)18/h2-5,10-11,13H,6-9,12H2,1H3. The van der Waals surface area contributed by atoms with Crippen LogP contribution in [0.3, 0.4) is 0 Å². The molecule has 1 fully saturated rings. The Labute approximate surface area is 140 Å². The Morgan fingerprint density at radius 2 is 1.91 bits per heavy atom. The van der Waals surface area contributed by atoms with E-state index < -0.39 is 0 Å². The van der Waals surface area contributed by atoms with Crippen molar-refractivity contribution in [3.63, 3.8) is 0 Å². The Morgan fingerprint density at radius 3 is 2.70 bits per heavy atom. The normalized spacial score (nSPS) is 16.1. The average molecular weight is 324 g/mol. The van der Waals surface area contributed by atoms with Crippen molar-refractivity contribution in [1.82, 2.24) is 14.9 Å². The van der Waals surface area contributed by atoms with E-state index in [2.05, 4.69) is 56.3 Å². The molecule has 1 aliphatic rings. The number of rotatable bonds is 3. The van der Waals surface area contributed by atoms with E-state index >= 15 is 0 Å². The Hall–Kier alpha value is -1.98. The van der Waals surface area contributed by atoms with Gasteiger partial charge < -0.3 is 4.90 Å². The number of benzene rings is 1. The van der Waals surface area contributed by atoms with Crippen molar-refractivity contribution in [1.29, 1.82) is 0 Å². The zero-order valence-electron chi connectivity index (χ0n) is 13.3. The molecule has 0 radical (unpaired) electrons. The molecule has 2 aromatic heterocycles. The SMILES string of the molecule is Cc1nc(CN2CCN(c3cncc4ccccc34)CC2)cs1. The van der Waals surface area contributed by atoms with E-state index in [1.165, 1.54) is 22.2 Å². The van der Waals surface area contributed by atoms with Gasteiger partial charge in [0.05, 0.1) is 22.6 Å². The smallest absolute Gasteiger partial charge is 0.0897 e. The summed E-state index contributed by atoms with van der Waals surface area (Å²) < 4.78 is 0. The first-order valence-corrected chi connectivity index (χ1v) is 8.88. The molecular weight excluding hydrogens is 304 g/mol. The summed E-state index contributed by atoms with van der Waals surface area (Å²) in [5.74, 6) is 0. The van der Waals surface area contributed by atoms with Crippen LogP contribution in [0.4, 0.5) is 5.69 Å². The highest BCUT2D eigenvalue weighted by molar-refractivity contribution is 7.09. The highest BCUT2D eigenvalue weighted by Gasteiger charge is 2.19. The van der Waals surface area contributed by atoms with Gasteiger partial charge in [0, 0.05) is 55.1 Å². The van der Waals surface area contributed by atoms with Gasteiger partial charge in [-0.15, -0.1) is 11.3 Å². The van der Waals surface area contributed by atoms with Crippen LogP contribution in [0.2, 0.25) is 0 Å². The number of piperazine rings is 1. The molecule has 0 atom stereocenters. The number of aromatic nitrogens is 2. The molecule has 0 bridgehead atoms. The summed E-state index contributed by atoms with van der Waals surface area (Å²) in [6, 6.07) is 8.50. The lowest BCUT2D eigenvalue weighted by atomic mass is 10.1. The minimum Gasteiger partial charge on any atom is -0.367 e. The predicted octanol–water partition coefficient (Wildman–Crippen LogP) is 3.32. The van der Waals surface area contributed by atoms with Gasteiger partial charge in [0.25, 0.3) is 0 Å². The predicted molar refractivity (Wildman–Crippen MR) is 96.1 cm³/mol. The Kier molecular flexibility index (Phi) is 3.97. The van der Waals surface area contributed by atoms with Crippen LogP contribution >= 0.6 is 11.3 Å². The second-order valence-corrected chi connectivity index (χ2v) is 7.06. The van der Waals surface area contributed by atoms with Crippen molar-refractivity contribution >= 4 is 27.8 Å². The third-order valence-electron chi connectivity index (χ3n) is 4.41. The molecule has 0 spiro atoms. The second-order valence-electron chi connectivity index (χ2n) is 6.00. The summed E-state index contributed by atoms with van der Waals surface area (Å²) in [6.45, 7) is 7.25. The number of anilines is 1. The molecule has 3 heterocycles. The molecule has 23 heavy (non-hydrogen) atoms. The van der Waals surface area contributed by atoms with Crippen LogP contribution in [-0.4, -0.2) is 41.0 Å². The van der Waals surface area contributed by atoms with E-state index in [4.69, 9.17) is 0 Å². The maximum absolute atomic E-state index is 4.58. The van der Waals surface area contributed by atoms with Gasteiger partial charge >= 0.3 is 0 Å². The Morgan fingerprint density at radius 1 is 1.09 bits per heavy atom. The summed E-state index contributed by atoms with van der Waals surface area (Å²) in [7, 11) is 0. The summed E-state index contributed by atoms with van der Waals surface area (Å²) in [5.41, 5.74) is 2.46. The first kappa shape index (κ1) is 14.6. The molecule has 0 amide bonds. The molecule has 0 saturated carbocycles. The molecule has 1 saturated heterocycles. The van der Waals surface area contributed by atoms with Crippen LogP contribution in [0.25, 0.3) is 10.8 Å². The molecule has 3 aromatic rings. The first-order chi connectivity index (χ1) is 11.3. The molecule has 0 unspecified atom stereocenters. The average Bonchev–Trinajstić information content (AvgIpc) is 3.00. The largest absolute Gasteiger partial charge is 0.367 e. The maximum Gasteiger partial charge on any atom is 0.0897 e. The van der Waals surface area contributed by atoms with Crippen LogP contribution in [0.1, 0.15) is 10.7 Å². The summed E-state index contributed by atoms with van der Waals surface area (Å²) in [5, 5.41) is 5.84. The van der Waals surface area contributed by atoms with Gasteiger partial charge in [-0.2, -0.15) is 0 Å². The molecule has 1 aromatic carbocycles. The number of aryl methyl sites for hydroxylation is 1. The Bertz CT molecular complexity index is 800. The van der Waals surface area contributed by atoms with E-state index in [-0.39, 0.29) is 0 Å². The van der Waals surface area contributed by atoms with Crippen molar-refractivity contribution in [2.45, 2.75) is 13.5 Å². The van der Waals surface area contributed by atoms with Gasteiger partial charge in [-0.05, 0) is 6.92 Å². The Balaban J connectivity index is 1.46. The van der Waals surface area contributed by atoms with Crippen molar-refractivity contribution in [2.24, 2.45) is 0 Å². The quantitative estimate of drug-likeness (QED) is 0.740. The van der Waals surface area contributed by atoms with Crippen molar-refractivity contribution in [3.05, 3.63) is 52.7 Å². The lowest BCUT2D eigenvalue weighted by molar-refractivity contribution is 0.247. The summed E-state index contributed by atoms with van der Waals surface area (Å²) >= 11 is 1.74. The number of hydrogen-bond acceptors (Lipinski definition) is 5. The van der Waals surface area contributed by atoms with Crippen LogP contribution < -0.4 is 4.90 Å². The van der Waals surface area contributed by atoms with Gasteiger partial charge in [0.15, 0.2) is 0 Å². The fraction of sp³-hybridized carbons (Fsp3) is 0.333. The summed E-state index contributed by atoms with van der Waals surface area (Å²) in [6.07, 6.45) is 3.95. The van der Waals surface area contributed by atoms with E-state index in [1.54, 1.807) is 11.3 Å². The molecule has 0 N–H and O–H groups in total.